The summed E-state index contributed by atoms with van der Waals surface area (Å²) >= 11 is 0. The molecule has 1 heterocycles. The van der Waals surface area contributed by atoms with Gasteiger partial charge in [0.1, 0.15) is 11.5 Å². The molecule has 0 amide bonds. The zero-order chi connectivity index (χ0) is 18.0. The molecular weight excluding hydrogens is 324 g/mol. The number of benzene rings is 3. The Kier molecular flexibility index (Phi) is 4.39. The first-order valence-corrected chi connectivity index (χ1v) is 8.75. The van der Waals surface area contributed by atoms with Gasteiger partial charge in [0.25, 0.3) is 0 Å². The average molecular weight is 346 g/mol. The highest BCUT2D eigenvalue weighted by molar-refractivity contribution is 5.54. The third-order valence-electron chi connectivity index (χ3n) is 5.14. The summed E-state index contributed by atoms with van der Waals surface area (Å²) in [4.78, 5) is 0. The van der Waals surface area contributed by atoms with Gasteiger partial charge in [0.15, 0.2) is 0 Å². The predicted octanol–water partition coefficient (Wildman–Crippen LogP) is 4.44. The minimum absolute atomic E-state index is 0.103. The van der Waals surface area contributed by atoms with E-state index in [4.69, 9.17) is 14.2 Å². The van der Waals surface area contributed by atoms with Gasteiger partial charge in [-0.25, -0.2) is 0 Å². The summed E-state index contributed by atoms with van der Waals surface area (Å²) in [6, 6.07) is 27.2. The Morgan fingerprint density at radius 1 is 0.692 bits per heavy atom. The third-order valence-corrected chi connectivity index (χ3v) is 5.14. The van der Waals surface area contributed by atoms with Gasteiger partial charge in [-0.15, -0.1) is 0 Å². The molecule has 1 saturated heterocycles. The lowest BCUT2D eigenvalue weighted by Gasteiger charge is -2.34. The monoisotopic (exact) mass is 346 g/mol. The van der Waals surface area contributed by atoms with Crippen molar-refractivity contribution in [2.24, 2.45) is 0 Å². The fourth-order valence-electron chi connectivity index (χ4n) is 3.76. The zero-order valence-corrected chi connectivity index (χ0v) is 15.0. The molecule has 1 aliphatic rings. The van der Waals surface area contributed by atoms with Crippen LogP contribution in [0.15, 0.2) is 78.9 Å². The molecule has 0 aromatic heterocycles. The van der Waals surface area contributed by atoms with E-state index in [1.54, 1.807) is 14.2 Å². The minimum atomic E-state index is -0.361. The Labute approximate surface area is 154 Å². The van der Waals surface area contributed by atoms with Gasteiger partial charge in [0.2, 0.25) is 0 Å². The van der Waals surface area contributed by atoms with Crippen molar-refractivity contribution in [3.05, 3.63) is 95.6 Å². The lowest BCUT2D eigenvalue weighted by Crippen LogP contribution is -2.35. The summed E-state index contributed by atoms with van der Waals surface area (Å²) in [5.74, 6) is 1.70. The Balaban J connectivity index is 1.94. The molecule has 0 spiro atoms. The normalized spacial score (nSPS) is 16.2. The summed E-state index contributed by atoms with van der Waals surface area (Å²) in [6.45, 7) is 0.743. The summed E-state index contributed by atoms with van der Waals surface area (Å²) in [5.41, 5.74) is 3.24. The maximum atomic E-state index is 5.89. The van der Waals surface area contributed by atoms with Crippen molar-refractivity contribution in [1.82, 2.24) is 0 Å². The SMILES string of the molecule is COc1ccc(C(c2ccccc2)(c2ccc(OC)cc2)C2CO2)cc1. The number of methoxy groups -OCH3 is 2. The van der Waals surface area contributed by atoms with Crippen molar-refractivity contribution in [1.29, 1.82) is 0 Å². The van der Waals surface area contributed by atoms with Crippen LogP contribution in [-0.4, -0.2) is 26.9 Å². The zero-order valence-electron chi connectivity index (χ0n) is 15.0. The molecule has 1 unspecified atom stereocenters. The first-order chi connectivity index (χ1) is 12.8. The number of epoxide rings is 1. The van der Waals surface area contributed by atoms with Crippen LogP contribution >= 0.6 is 0 Å². The molecule has 0 radical (unpaired) electrons. The topological polar surface area (TPSA) is 31.0 Å². The van der Waals surface area contributed by atoms with Crippen LogP contribution < -0.4 is 9.47 Å². The van der Waals surface area contributed by atoms with E-state index in [0.29, 0.717) is 0 Å². The van der Waals surface area contributed by atoms with E-state index < -0.39 is 0 Å². The van der Waals surface area contributed by atoms with Crippen molar-refractivity contribution < 1.29 is 14.2 Å². The van der Waals surface area contributed by atoms with Crippen molar-refractivity contribution in [2.75, 3.05) is 20.8 Å². The second kappa shape index (κ2) is 6.85. The molecule has 3 aromatic carbocycles. The van der Waals surface area contributed by atoms with Gasteiger partial charge in [-0.1, -0.05) is 54.6 Å². The van der Waals surface area contributed by atoms with E-state index in [2.05, 4.69) is 48.5 Å². The van der Waals surface area contributed by atoms with Crippen LogP contribution in [0.4, 0.5) is 0 Å². The van der Waals surface area contributed by atoms with Gasteiger partial charge in [0.05, 0.1) is 32.3 Å². The Bertz CT molecular complexity index is 803. The van der Waals surface area contributed by atoms with Crippen molar-refractivity contribution in [2.45, 2.75) is 11.5 Å². The number of hydrogen-bond donors (Lipinski definition) is 0. The van der Waals surface area contributed by atoms with Gasteiger partial charge in [0, 0.05) is 0 Å². The standard InChI is InChI=1S/C23H22O3/c1-24-20-12-8-18(9-13-20)23(22-16-26-22,17-6-4-3-5-7-17)19-10-14-21(25-2)15-11-19/h3-15,22H,16H2,1-2H3. The second-order valence-electron chi connectivity index (χ2n) is 6.45. The summed E-state index contributed by atoms with van der Waals surface area (Å²) in [5, 5.41) is 0. The van der Waals surface area contributed by atoms with Gasteiger partial charge >= 0.3 is 0 Å². The molecule has 1 atom stereocenters. The molecule has 0 N–H and O–H groups in total. The average Bonchev–Trinajstić information content (AvgIpc) is 3.56. The van der Waals surface area contributed by atoms with E-state index in [1.807, 2.05) is 30.3 Å². The Morgan fingerprint density at radius 2 is 1.12 bits per heavy atom. The number of ether oxygens (including phenoxy) is 3. The van der Waals surface area contributed by atoms with Crippen LogP contribution in [0.3, 0.4) is 0 Å². The Hall–Kier alpha value is -2.78. The highest BCUT2D eigenvalue weighted by Gasteiger charge is 2.50. The predicted molar refractivity (Wildman–Crippen MR) is 102 cm³/mol. The second-order valence-corrected chi connectivity index (χ2v) is 6.45. The van der Waals surface area contributed by atoms with E-state index in [0.717, 1.165) is 18.1 Å². The molecule has 1 aliphatic heterocycles. The molecule has 3 nitrogen and oxygen atoms in total. The van der Waals surface area contributed by atoms with Gasteiger partial charge in [-0.2, -0.15) is 0 Å². The summed E-state index contributed by atoms with van der Waals surface area (Å²) in [6.07, 6.45) is 0.103. The molecule has 1 fully saturated rings. The fraction of sp³-hybridized carbons (Fsp3) is 0.217. The lowest BCUT2D eigenvalue weighted by atomic mass is 9.67. The summed E-state index contributed by atoms with van der Waals surface area (Å²) in [7, 11) is 3.37. The molecular formula is C23H22O3. The van der Waals surface area contributed by atoms with Gasteiger partial charge < -0.3 is 14.2 Å². The fourth-order valence-corrected chi connectivity index (χ4v) is 3.76. The van der Waals surface area contributed by atoms with E-state index in [1.165, 1.54) is 16.7 Å². The number of hydrogen-bond acceptors (Lipinski definition) is 3. The smallest absolute Gasteiger partial charge is 0.118 e. The number of rotatable bonds is 6. The van der Waals surface area contributed by atoms with Gasteiger partial charge in [-0.3, -0.25) is 0 Å². The van der Waals surface area contributed by atoms with Crippen molar-refractivity contribution in [3.63, 3.8) is 0 Å². The first kappa shape index (κ1) is 16.7. The molecule has 3 heteroatoms. The van der Waals surface area contributed by atoms with Crippen LogP contribution in [0.5, 0.6) is 11.5 Å². The Morgan fingerprint density at radius 3 is 1.50 bits per heavy atom. The molecule has 3 aromatic rings. The van der Waals surface area contributed by atoms with Crippen molar-refractivity contribution >= 4 is 0 Å². The molecule has 0 aliphatic carbocycles. The van der Waals surface area contributed by atoms with Gasteiger partial charge in [-0.05, 0) is 41.0 Å². The van der Waals surface area contributed by atoms with Crippen molar-refractivity contribution in [3.8, 4) is 11.5 Å². The third kappa shape index (κ3) is 2.74. The molecule has 132 valence electrons. The van der Waals surface area contributed by atoms with E-state index >= 15 is 0 Å². The van der Waals surface area contributed by atoms with Crippen LogP contribution in [-0.2, 0) is 10.2 Å². The first-order valence-electron chi connectivity index (χ1n) is 8.75. The molecule has 0 saturated carbocycles. The minimum Gasteiger partial charge on any atom is -0.497 e. The molecule has 26 heavy (non-hydrogen) atoms. The van der Waals surface area contributed by atoms with Crippen LogP contribution in [0, 0.1) is 0 Å². The maximum absolute atomic E-state index is 5.89. The van der Waals surface area contributed by atoms with Crippen LogP contribution in [0.2, 0.25) is 0 Å². The van der Waals surface area contributed by atoms with E-state index in [-0.39, 0.29) is 11.5 Å². The largest absolute Gasteiger partial charge is 0.497 e. The quantitative estimate of drug-likeness (QED) is 0.488. The highest BCUT2D eigenvalue weighted by Crippen LogP contribution is 2.48. The highest BCUT2D eigenvalue weighted by atomic mass is 16.6. The molecule has 0 bridgehead atoms. The maximum Gasteiger partial charge on any atom is 0.118 e. The summed E-state index contributed by atoms with van der Waals surface area (Å²) < 4.78 is 16.6. The van der Waals surface area contributed by atoms with Crippen LogP contribution in [0.1, 0.15) is 16.7 Å². The van der Waals surface area contributed by atoms with E-state index in [9.17, 15) is 0 Å². The van der Waals surface area contributed by atoms with Crippen LogP contribution in [0.25, 0.3) is 0 Å². The lowest BCUT2D eigenvalue weighted by molar-refractivity contribution is 0.348. The molecule has 4 rings (SSSR count).